The van der Waals surface area contributed by atoms with E-state index < -0.39 is 11.4 Å². The molecule has 0 aliphatic heterocycles. The molecule has 94 valence electrons. The summed E-state index contributed by atoms with van der Waals surface area (Å²) >= 11 is 0. The Balaban J connectivity index is 3.22. The Kier molecular flexibility index (Phi) is 3.94. The van der Waals surface area contributed by atoms with Crippen molar-refractivity contribution < 1.29 is 9.90 Å². The molecule has 0 radical (unpaired) electrons. The zero-order valence-electron chi connectivity index (χ0n) is 10.9. The molecule has 3 nitrogen and oxygen atoms in total. The monoisotopic (exact) mass is 235 g/mol. The third-order valence-electron chi connectivity index (χ3n) is 3.69. The smallest absolute Gasteiger partial charge is 0.304 e. The number of benzene rings is 1. The van der Waals surface area contributed by atoms with Crippen molar-refractivity contribution in [3.8, 4) is 0 Å². The molecule has 0 amide bonds. The van der Waals surface area contributed by atoms with Crippen LogP contribution in [-0.2, 0) is 10.2 Å². The van der Waals surface area contributed by atoms with Gasteiger partial charge in [-0.15, -0.1) is 0 Å². The Morgan fingerprint density at radius 1 is 1.41 bits per heavy atom. The van der Waals surface area contributed by atoms with Gasteiger partial charge < -0.3 is 10.8 Å². The minimum Gasteiger partial charge on any atom is -0.481 e. The number of rotatable bonds is 4. The highest BCUT2D eigenvalue weighted by Crippen LogP contribution is 2.31. The van der Waals surface area contributed by atoms with E-state index in [-0.39, 0.29) is 12.5 Å². The fourth-order valence-electron chi connectivity index (χ4n) is 1.94. The lowest BCUT2D eigenvalue weighted by Gasteiger charge is -2.33. The first kappa shape index (κ1) is 13.7. The van der Waals surface area contributed by atoms with Crippen LogP contribution in [0, 0.1) is 13.8 Å². The maximum Gasteiger partial charge on any atom is 0.304 e. The van der Waals surface area contributed by atoms with Crippen molar-refractivity contribution in [3.63, 3.8) is 0 Å². The average Bonchev–Trinajstić information content (AvgIpc) is 2.20. The van der Waals surface area contributed by atoms with E-state index in [1.54, 1.807) is 0 Å². The summed E-state index contributed by atoms with van der Waals surface area (Å²) < 4.78 is 0. The molecular formula is C14H21NO2. The average molecular weight is 235 g/mol. The molecule has 1 rings (SSSR count). The van der Waals surface area contributed by atoms with Crippen LogP contribution >= 0.6 is 0 Å². The van der Waals surface area contributed by atoms with Crippen molar-refractivity contribution in [3.05, 3.63) is 34.9 Å². The maximum absolute atomic E-state index is 11.0. The summed E-state index contributed by atoms with van der Waals surface area (Å²) in [6, 6.07) is 5.84. The summed E-state index contributed by atoms with van der Waals surface area (Å²) in [5, 5.41) is 9.03. The fourth-order valence-corrected chi connectivity index (χ4v) is 1.94. The molecule has 0 heterocycles. The lowest BCUT2D eigenvalue weighted by Crippen LogP contribution is -2.42. The normalized spacial score (nSPS) is 16.3. The third kappa shape index (κ3) is 2.86. The molecule has 0 saturated carbocycles. The minimum atomic E-state index is -0.817. The van der Waals surface area contributed by atoms with Gasteiger partial charge in [0.2, 0.25) is 0 Å². The molecule has 0 spiro atoms. The molecule has 1 aromatic carbocycles. The standard InChI is InChI=1S/C14H21NO2/c1-9-5-6-12(7-10(9)2)14(4,11(3)15)8-13(16)17/h5-7,11H,8,15H2,1-4H3,(H,16,17). The summed E-state index contributed by atoms with van der Waals surface area (Å²) in [5.41, 5.74) is 8.82. The van der Waals surface area contributed by atoms with Crippen molar-refractivity contribution >= 4 is 5.97 Å². The molecule has 0 aliphatic rings. The first-order valence-corrected chi connectivity index (χ1v) is 5.82. The van der Waals surface area contributed by atoms with E-state index in [2.05, 4.69) is 0 Å². The van der Waals surface area contributed by atoms with Crippen molar-refractivity contribution in [1.29, 1.82) is 0 Å². The summed E-state index contributed by atoms with van der Waals surface area (Å²) in [6.07, 6.45) is 0.0488. The molecule has 0 saturated heterocycles. The van der Waals surface area contributed by atoms with Crippen LogP contribution in [0.3, 0.4) is 0 Å². The van der Waals surface area contributed by atoms with Gasteiger partial charge in [-0.2, -0.15) is 0 Å². The minimum absolute atomic E-state index is 0.0488. The van der Waals surface area contributed by atoms with Gasteiger partial charge in [0.25, 0.3) is 0 Å². The topological polar surface area (TPSA) is 63.3 Å². The zero-order valence-corrected chi connectivity index (χ0v) is 10.9. The zero-order chi connectivity index (χ0) is 13.2. The van der Waals surface area contributed by atoms with Crippen molar-refractivity contribution in [2.24, 2.45) is 5.73 Å². The van der Waals surface area contributed by atoms with Crippen LogP contribution in [0.15, 0.2) is 18.2 Å². The van der Waals surface area contributed by atoms with E-state index in [1.165, 1.54) is 11.1 Å². The van der Waals surface area contributed by atoms with Crippen LogP contribution < -0.4 is 5.73 Å². The molecule has 2 atom stereocenters. The summed E-state index contributed by atoms with van der Waals surface area (Å²) in [4.78, 5) is 11.0. The number of aliphatic carboxylic acids is 1. The quantitative estimate of drug-likeness (QED) is 0.842. The molecule has 3 heteroatoms. The van der Waals surface area contributed by atoms with E-state index in [0.717, 1.165) is 5.56 Å². The Hall–Kier alpha value is -1.35. The van der Waals surface area contributed by atoms with Crippen LogP contribution in [0.1, 0.15) is 37.0 Å². The highest BCUT2D eigenvalue weighted by Gasteiger charge is 2.33. The summed E-state index contributed by atoms with van der Waals surface area (Å²) in [6.45, 7) is 7.84. The molecule has 17 heavy (non-hydrogen) atoms. The predicted molar refractivity (Wildman–Crippen MR) is 69.2 cm³/mol. The second kappa shape index (κ2) is 4.88. The fraction of sp³-hybridized carbons (Fsp3) is 0.500. The lowest BCUT2D eigenvalue weighted by molar-refractivity contribution is -0.138. The predicted octanol–water partition coefficient (Wildman–Crippen LogP) is 2.38. The van der Waals surface area contributed by atoms with E-state index in [1.807, 2.05) is 45.9 Å². The van der Waals surface area contributed by atoms with Crippen LogP contribution in [0.5, 0.6) is 0 Å². The van der Waals surface area contributed by atoms with Crippen molar-refractivity contribution in [2.75, 3.05) is 0 Å². The second-order valence-electron chi connectivity index (χ2n) is 5.08. The largest absolute Gasteiger partial charge is 0.481 e. The van der Waals surface area contributed by atoms with Gasteiger partial charge in [-0.1, -0.05) is 25.1 Å². The van der Waals surface area contributed by atoms with Crippen molar-refractivity contribution in [2.45, 2.75) is 45.6 Å². The number of aryl methyl sites for hydroxylation is 2. The summed E-state index contributed by atoms with van der Waals surface area (Å²) in [5.74, 6) is -0.817. The Morgan fingerprint density at radius 3 is 2.41 bits per heavy atom. The Bertz CT molecular complexity index is 426. The van der Waals surface area contributed by atoms with Crippen molar-refractivity contribution in [1.82, 2.24) is 0 Å². The number of carboxylic acid groups (broad SMARTS) is 1. The van der Waals surface area contributed by atoms with Crippen LogP contribution in [-0.4, -0.2) is 17.1 Å². The number of hydrogen-bond donors (Lipinski definition) is 2. The van der Waals surface area contributed by atoms with E-state index in [0.29, 0.717) is 0 Å². The number of hydrogen-bond acceptors (Lipinski definition) is 2. The van der Waals surface area contributed by atoms with Gasteiger partial charge in [-0.3, -0.25) is 4.79 Å². The van der Waals surface area contributed by atoms with Gasteiger partial charge in [-0.25, -0.2) is 0 Å². The molecule has 2 unspecified atom stereocenters. The Labute approximate surface area is 103 Å². The van der Waals surface area contributed by atoms with Gasteiger partial charge >= 0.3 is 5.97 Å². The Morgan fingerprint density at radius 2 is 2.00 bits per heavy atom. The first-order chi connectivity index (χ1) is 7.77. The molecule has 0 bridgehead atoms. The summed E-state index contributed by atoms with van der Waals surface area (Å²) in [7, 11) is 0. The lowest BCUT2D eigenvalue weighted by atomic mass is 9.73. The van der Waals surface area contributed by atoms with Gasteiger partial charge in [0.05, 0.1) is 6.42 Å². The highest BCUT2D eigenvalue weighted by atomic mass is 16.4. The van der Waals surface area contributed by atoms with Crippen LogP contribution in [0.4, 0.5) is 0 Å². The van der Waals surface area contributed by atoms with Crippen LogP contribution in [0.25, 0.3) is 0 Å². The van der Waals surface area contributed by atoms with E-state index in [9.17, 15) is 4.79 Å². The number of nitrogens with two attached hydrogens (primary N) is 1. The van der Waals surface area contributed by atoms with Gasteiger partial charge in [-0.05, 0) is 37.5 Å². The molecule has 1 aromatic rings. The highest BCUT2D eigenvalue weighted by molar-refractivity contribution is 5.69. The third-order valence-corrected chi connectivity index (χ3v) is 3.69. The molecular weight excluding hydrogens is 214 g/mol. The molecule has 0 aromatic heterocycles. The van der Waals surface area contributed by atoms with E-state index in [4.69, 9.17) is 10.8 Å². The van der Waals surface area contributed by atoms with Gasteiger partial charge in [0, 0.05) is 11.5 Å². The maximum atomic E-state index is 11.0. The molecule has 3 N–H and O–H groups in total. The van der Waals surface area contributed by atoms with Crippen LogP contribution in [0.2, 0.25) is 0 Å². The van der Waals surface area contributed by atoms with E-state index >= 15 is 0 Å². The van der Waals surface area contributed by atoms with Gasteiger partial charge in [0.15, 0.2) is 0 Å². The molecule has 0 aliphatic carbocycles. The SMILES string of the molecule is Cc1ccc(C(C)(CC(=O)O)C(C)N)cc1C. The second-order valence-corrected chi connectivity index (χ2v) is 5.08. The van der Waals surface area contributed by atoms with Gasteiger partial charge in [0.1, 0.15) is 0 Å². The number of carbonyl (C=O) groups is 1. The first-order valence-electron chi connectivity index (χ1n) is 5.82. The number of carboxylic acids is 1. The molecule has 0 fully saturated rings.